The van der Waals surface area contributed by atoms with Gasteiger partial charge in [-0.15, -0.1) is 0 Å². The van der Waals surface area contributed by atoms with E-state index in [-0.39, 0.29) is 17.1 Å². The Hall–Kier alpha value is -3.60. The number of nitrogens with zero attached hydrogens (tertiary/aromatic N) is 2. The first kappa shape index (κ1) is 31.7. The van der Waals surface area contributed by atoms with Crippen molar-refractivity contribution >= 4 is 24.0 Å². The number of nitrogens with two attached hydrogens (primary N) is 4. The van der Waals surface area contributed by atoms with E-state index in [4.69, 9.17) is 41.5 Å². The quantitative estimate of drug-likeness (QED) is 0.0664. The Labute approximate surface area is 136 Å². The monoisotopic (exact) mass is 391 g/mol. The molecular formula is C4H12CuN10O8. The average Bonchev–Trinajstić information content (AvgIpc) is 2.10. The second kappa shape index (κ2) is 20.7. The van der Waals surface area contributed by atoms with E-state index in [0.717, 1.165) is 0 Å². The molecule has 19 heteroatoms. The second-order valence-corrected chi connectivity index (χ2v) is 2.25. The maximum Gasteiger partial charge on any atom is 2.00 e. The van der Waals surface area contributed by atoms with E-state index in [2.05, 4.69) is 22.9 Å². The molecule has 4 amide bonds. The fraction of sp³-hybridized carbons (Fsp3) is 0. The van der Waals surface area contributed by atoms with Crippen molar-refractivity contribution in [1.82, 2.24) is 10.6 Å². The van der Waals surface area contributed by atoms with Crippen molar-refractivity contribution in [2.75, 3.05) is 0 Å². The summed E-state index contributed by atoms with van der Waals surface area (Å²) in [5, 5.41) is 45.9. The molecule has 0 aromatic rings. The summed E-state index contributed by atoms with van der Waals surface area (Å²) >= 11 is 0. The van der Waals surface area contributed by atoms with Crippen LogP contribution in [0, 0.1) is 41.5 Å². The van der Waals surface area contributed by atoms with E-state index in [0.29, 0.717) is 0 Å². The number of carbonyl (C=O) groups excluding carboxylic acids is 2. The molecule has 0 rings (SSSR count). The minimum atomic E-state index is -1.75. The van der Waals surface area contributed by atoms with Gasteiger partial charge in [-0.2, -0.15) is 0 Å². The van der Waals surface area contributed by atoms with E-state index >= 15 is 0 Å². The molecule has 0 bridgehead atoms. The van der Waals surface area contributed by atoms with Crippen LogP contribution >= 0.6 is 0 Å². The van der Waals surface area contributed by atoms with Gasteiger partial charge in [0.25, 0.3) is 0 Å². The summed E-state index contributed by atoms with van der Waals surface area (Å²) in [6.07, 6.45) is 0. The number of hydrogen-bond donors (Lipinski definition) is 8. The van der Waals surface area contributed by atoms with Crippen LogP contribution in [0.5, 0.6) is 0 Å². The molecule has 0 atom stereocenters. The Kier molecular flexibility index (Phi) is 28.5. The Balaban J connectivity index is -0.0000000639. The van der Waals surface area contributed by atoms with Crippen LogP contribution in [0.4, 0.5) is 9.59 Å². The Morgan fingerprint density at radius 1 is 0.739 bits per heavy atom. The molecule has 1 radical (unpaired) electrons. The van der Waals surface area contributed by atoms with Crippen LogP contribution in [0.2, 0.25) is 0 Å². The number of carbonyl (C=O) groups is 2. The Morgan fingerprint density at radius 3 is 0.870 bits per heavy atom. The van der Waals surface area contributed by atoms with Crippen molar-refractivity contribution in [2.45, 2.75) is 0 Å². The molecule has 0 aromatic heterocycles. The summed E-state index contributed by atoms with van der Waals surface area (Å²) in [5.41, 5.74) is 18.4. The third-order valence-corrected chi connectivity index (χ3v) is 0.516. The van der Waals surface area contributed by atoms with Gasteiger partial charge in [0.05, 0.1) is 10.2 Å². The van der Waals surface area contributed by atoms with E-state index in [1.807, 2.05) is 0 Å². The molecule has 23 heavy (non-hydrogen) atoms. The van der Waals surface area contributed by atoms with Crippen LogP contribution in [0.15, 0.2) is 0 Å². The van der Waals surface area contributed by atoms with Crippen molar-refractivity contribution in [3.05, 3.63) is 30.6 Å². The first-order valence-corrected chi connectivity index (χ1v) is 4.16. The number of guanidine groups is 2. The number of urea groups is 2. The van der Waals surface area contributed by atoms with Gasteiger partial charge in [0, 0.05) is 0 Å². The zero-order chi connectivity index (χ0) is 18.9. The number of hydrogen-bond acceptors (Lipinski definition) is 10. The molecule has 0 spiro atoms. The maximum absolute atomic E-state index is 9.70. The smallest absolute Gasteiger partial charge is 0.370 e. The van der Waals surface area contributed by atoms with Crippen molar-refractivity contribution in [3.8, 4) is 0 Å². The number of rotatable bonds is 0. The molecule has 0 fully saturated rings. The SMILES string of the molecule is N=C(N)NC(N)=O.N=C(N)NC(N)=O.O=[N+]([O-])[O-].O=[N+]([O-])[O-].[Cu+2]. The van der Waals surface area contributed by atoms with Gasteiger partial charge in [-0.3, -0.25) is 21.5 Å². The van der Waals surface area contributed by atoms with Crippen LogP contribution in [-0.2, 0) is 17.1 Å². The largest absolute Gasteiger partial charge is 2.00 e. The third kappa shape index (κ3) is 256. The maximum atomic E-state index is 9.70. The van der Waals surface area contributed by atoms with Crippen molar-refractivity contribution < 1.29 is 36.8 Å². The summed E-state index contributed by atoms with van der Waals surface area (Å²) in [5.74, 6) is -0.875. The summed E-state index contributed by atoms with van der Waals surface area (Å²) in [7, 11) is 0. The minimum absolute atomic E-state index is 0. The Bertz CT molecular complexity index is 344. The fourth-order valence-electron chi connectivity index (χ4n) is 0.265. The molecule has 0 heterocycles. The molecule has 18 nitrogen and oxygen atoms in total. The van der Waals surface area contributed by atoms with Gasteiger partial charge in [0.1, 0.15) is 0 Å². The molecule has 137 valence electrons. The van der Waals surface area contributed by atoms with E-state index in [9.17, 15) is 9.59 Å². The number of amides is 4. The predicted molar refractivity (Wildman–Crippen MR) is 70.0 cm³/mol. The summed E-state index contributed by atoms with van der Waals surface area (Å²) in [6, 6.07) is -1.62. The van der Waals surface area contributed by atoms with E-state index in [1.54, 1.807) is 10.6 Å². The van der Waals surface area contributed by atoms with Gasteiger partial charge in [0.2, 0.25) is 0 Å². The topological polar surface area (TPSA) is 342 Å². The molecule has 0 saturated carbocycles. The summed E-state index contributed by atoms with van der Waals surface area (Å²) < 4.78 is 0. The summed E-state index contributed by atoms with van der Waals surface area (Å²) in [4.78, 5) is 35.9. The zero-order valence-electron chi connectivity index (χ0n) is 10.8. The van der Waals surface area contributed by atoms with Crippen molar-refractivity contribution in [2.24, 2.45) is 22.9 Å². The van der Waals surface area contributed by atoms with Crippen molar-refractivity contribution in [1.29, 1.82) is 10.8 Å². The average molecular weight is 392 g/mol. The van der Waals surface area contributed by atoms with Crippen molar-refractivity contribution in [3.63, 3.8) is 0 Å². The van der Waals surface area contributed by atoms with Crippen LogP contribution in [0.3, 0.4) is 0 Å². The first-order valence-electron chi connectivity index (χ1n) is 4.16. The zero-order valence-corrected chi connectivity index (χ0v) is 11.7. The standard InChI is InChI=1S/2C2H6N4O.Cu.2NO3/c2*3-1(4)6-2(5)7;;2*2-1(3)4/h2*(H6,3,4,5,6,7);;;/q;;+2;2*-1. The molecule has 0 aliphatic heterocycles. The molecule has 0 aromatic carbocycles. The van der Waals surface area contributed by atoms with E-state index in [1.165, 1.54) is 0 Å². The van der Waals surface area contributed by atoms with Crippen LogP contribution < -0.4 is 33.6 Å². The molecule has 0 unspecified atom stereocenters. The van der Waals surface area contributed by atoms with Gasteiger partial charge in [-0.25, -0.2) is 9.59 Å². The Morgan fingerprint density at radius 2 is 0.870 bits per heavy atom. The van der Waals surface area contributed by atoms with Crippen LogP contribution in [0.1, 0.15) is 0 Å². The molecule has 0 saturated heterocycles. The predicted octanol–water partition coefficient (Wildman–Crippen LogP) is -3.38. The number of primary amides is 2. The van der Waals surface area contributed by atoms with Gasteiger partial charge in [-0.05, 0) is 0 Å². The van der Waals surface area contributed by atoms with Gasteiger partial charge in [0.15, 0.2) is 11.9 Å². The normalized spacial score (nSPS) is 6.61. The summed E-state index contributed by atoms with van der Waals surface area (Å²) in [6.45, 7) is 0. The minimum Gasteiger partial charge on any atom is -0.370 e. The fourth-order valence-corrected chi connectivity index (χ4v) is 0.265. The molecule has 12 N–H and O–H groups in total. The first-order chi connectivity index (χ1) is 9.72. The van der Waals surface area contributed by atoms with Gasteiger partial charge < -0.3 is 53.6 Å². The second-order valence-electron chi connectivity index (χ2n) is 2.25. The molecular weight excluding hydrogens is 380 g/mol. The van der Waals surface area contributed by atoms with Gasteiger partial charge >= 0.3 is 29.1 Å². The third-order valence-electron chi connectivity index (χ3n) is 0.516. The van der Waals surface area contributed by atoms with Crippen LogP contribution in [-0.4, -0.2) is 34.2 Å². The number of nitrogens with one attached hydrogen (secondary N) is 4. The van der Waals surface area contributed by atoms with Gasteiger partial charge in [-0.1, -0.05) is 0 Å². The molecule has 0 aliphatic carbocycles. The molecule has 0 aliphatic rings. The van der Waals surface area contributed by atoms with E-state index < -0.39 is 34.2 Å². The van der Waals surface area contributed by atoms with Crippen LogP contribution in [0.25, 0.3) is 0 Å².